The van der Waals surface area contributed by atoms with E-state index in [1.54, 1.807) is 19.2 Å². The predicted molar refractivity (Wildman–Crippen MR) is 81.0 cm³/mol. The van der Waals surface area contributed by atoms with E-state index in [9.17, 15) is 4.79 Å². The Morgan fingerprint density at radius 2 is 2.10 bits per heavy atom. The number of carboxylic acid groups (broad SMARTS) is 1. The average Bonchev–Trinajstić information content (AvgIpc) is 2.49. The van der Waals surface area contributed by atoms with Gasteiger partial charge in [-0.3, -0.25) is 0 Å². The molecule has 118 valence electrons. The lowest BCUT2D eigenvalue weighted by Crippen LogP contribution is -2.09. The third kappa shape index (κ3) is 7.06. The van der Waals surface area contributed by atoms with E-state index in [1.165, 1.54) is 0 Å². The lowest BCUT2D eigenvalue weighted by atomic mass is 10.2. The lowest BCUT2D eigenvalue weighted by molar-refractivity contribution is 0.0691. The number of hydrogen-bond donors (Lipinski definition) is 2. The first-order valence-electron chi connectivity index (χ1n) is 7.22. The maximum absolute atomic E-state index is 11.0. The molecule has 0 aliphatic carbocycles. The molecule has 0 aliphatic heterocycles. The van der Waals surface area contributed by atoms with Gasteiger partial charge < -0.3 is 19.9 Å². The summed E-state index contributed by atoms with van der Waals surface area (Å²) in [6.45, 7) is 4.63. The minimum Gasteiger partial charge on any atom is -0.478 e. The molecule has 2 N–H and O–H groups in total. The predicted octanol–water partition coefficient (Wildman–Crippen LogP) is 2.20. The average molecular weight is 296 g/mol. The molecule has 0 spiro atoms. The standard InChI is InChI=1S/C15H24N2O4/c1-3-13-10-12(15(18)19)11-14(17-13)16-6-4-5-7-21-9-8-20-2/h10-11H,3-9H2,1-2H3,(H,16,17)(H,18,19). The summed E-state index contributed by atoms with van der Waals surface area (Å²) in [5, 5.41) is 12.2. The Bertz CT molecular complexity index is 438. The van der Waals surface area contributed by atoms with Crippen LogP contribution in [-0.2, 0) is 15.9 Å². The quantitative estimate of drug-likeness (QED) is 0.609. The molecular formula is C15H24N2O4. The number of methoxy groups -OCH3 is 1. The van der Waals surface area contributed by atoms with Crippen LogP contribution in [0.5, 0.6) is 0 Å². The molecule has 0 fully saturated rings. The topological polar surface area (TPSA) is 80.7 Å². The molecule has 0 bridgehead atoms. The van der Waals surface area contributed by atoms with E-state index in [-0.39, 0.29) is 5.56 Å². The first-order chi connectivity index (χ1) is 10.2. The Morgan fingerprint density at radius 1 is 1.29 bits per heavy atom. The molecule has 0 atom stereocenters. The van der Waals surface area contributed by atoms with E-state index in [4.69, 9.17) is 14.6 Å². The monoisotopic (exact) mass is 296 g/mol. The summed E-state index contributed by atoms with van der Waals surface area (Å²) in [7, 11) is 1.65. The summed E-state index contributed by atoms with van der Waals surface area (Å²) in [4.78, 5) is 15.4. The maximum atomic E-state index is 11.0. The third-order valence-corrected chi connectivity index (χ3v) is 2.94. The Morgan fingerprint density at radius 3 is 2.76 bits per heavy atom. The first kappa shape index (κ1) is 17.4. The normalized spacial score (nSPS) is 10.6. The molecule has 0 saturated carbocycles. The van der Waals surface area contributed by atoms with E-state index in [1.807, 2.05) is 6.92 Å². The van der Waals surface area contributed by atoms with Crippen LogP contribution in [-0.4, -0.2) is 49.5 Å². The van der Waals surface area contributed by atoms with Crippen molar-refractivity contribution in [1.82, 2.24) is 4.98 Å². The van der Waals surface area contributed by atoms with Gasteiger partial charge in [0.15, 0.2) is 0 Å². The summed E-state index contributed by atoms with van der Waals surface area (Å²) in [6, 6.07) is 3.17. The van der Waals surface area contributed by atoms with Crippen LogP contribution in [0, 0.1) is 0 Å². The number of carboxylic acids is 1. The van der Waals surface area contributed by atoms with Crippen molar-refractivity contribution in [3.63, 3.8) is 0 Å². The molecule has 0 saturated heterocycles. The smallest absolute Gasteiger partial charge is 0.335 e. The number of aromatic nitrogens is 1. The van der Waals surface area contributed by atoms with Crippen LogP contribution in [0.4, 0.5) is 5.82 Å². The number of carbonyl (C=O) groups is 1. The van der Waals surface area contributed by atoms with E-state index >= 15 is 0 Å². The Kier molecular flexibility index (Phi) is 8.38. The van der Waals surface area contributed by atoms with Gasteiger partial charge in [0.25, 0.3) is 0 Å². The zero-order chi connectivity index (χ0) is 15.5. The van der Waals surface area contributed by atoms with Gasteiger partial charge in [-0.05, 0) is 31.4 Å². The summed E-state index contributed by atoms with van der Waals surface area (Å²) in [5.41, 5.74) is 1.05. The van der Waals surface area contributed by atoms with Crippen molar-refractivity contribution in [3.8, 4) is 0 Å². The summed E-state index contributed by atoms with van der Waals surface area (Å²) in [5.74, 6) is -0.311. The molecule has 0 amide bonds. The Hall–Kier alpha value is -1.66. The highest BCUT2D eigenvalue weighted by molar-refractivity contribution is 5.88. The van der Waals surface area contributed by atoms with Gasteiger partial charge in [-0.2, -0.15) is 0 Å². The summed E-state index contributed by atoms with van der Waals surface area (Å²) < 4.78 is 10.3. The molecular weight excluding hydrogens is 272 g/mol. The number of unbranched alkanes of at least 4 members (excludes halogenated alkanes) is 1. The van der Waals surface area contributed by atoms with E-state index in [0.717, 1.165) is 25.1 Å². The van der Waals surface area contributed by atoms with Crippen molar-refractivity contribution in [2.75, 3.05) is 38.8 Å². The van der Waals surface area contributed by atoms with Gasteiger partial charge in [0.1, 0.15) is 5.82 Å². The first-order valence-corrected chi connectivity index (χ1v) is 7.22. The molecule has 1 rings (SSSR count). The van der Waals surface area contributed by atoms with Crippen molar-refractivity contribution in [1.29, 1.82) is 0 Å². The minimum absolute atomic E-state index is 0.271. The molecule has 0 radical (unpaired) electrons. The Balaban J connectivity index is 2.31. The molecule has 0 unspecified atom stereocenters. The van der Waals surface area contributed by atoms with Crippen LogP contribution in [0.15, 0.2) is 12.1 Å². The zero-order valence-corrected chi connectivity index (χ0v) is 12.7. The minimum atomic E-state index is -0.929. The van der Waals surface area contributed by atoms with Gasteiger partial charge in [-0.15, -0.1) is 0 Å². The zero-order valence-electron chi connectivity index (χ0n) is 12.7. The number of hydrogen-bond acceptors (Lipinski definition) is 5. The molecule has 1 aromatic heterocycles. The van der Waals surface area contributed by atoms with Crippen LogP contribution in [0.25, 0.3) is 0 Å². The van der Waals surface area contributed by atoms with Crippen LogP contribution in [0.2, 0.25) is 0 Å². The molecule has 0 aromatic carbocycles. The second-order valence-electron chi connectivity index (χ2n) is 4.63. The van der Waals surface area contributed by atoms with Gasteiger partial charge in [0.2, 0.25) is 0 Å². The number of aryl methyl sites for hydroxylation is 1. The van der Waals surface area contributed by atoms with E-state index in [0.29, 0.717) is 32.1 Å². The molecule has 21 heavy (non-hydrogen) atoms. The second-order valence-corrected chi connectivity index (χ2v) is 4.63. The fourth-order valence-corrected chi connectivity index (χ4v) is 1.77. The van der Waals surface area contributed by atoms with Crippen molar-refractivity contribution in [2.45, 2.75) is 26.2 Å². The van der Waals surface area contributed by atoms with Gasteiger partial charge in [0, 0.05) is 26.0 Å². The van der Waals surface area contributed by atoms with Gasteiger partial charge in [0.05, 0.1) is 18.8 Å². The SMILES string of the molecule is CCc1cc(C(=O)O)cc(NCCCCOCCOC)n1. The van der Waals surface area contributed by atoms with Crippen molar-refractivity contribution < 1.29 is 19.4 Å². The summed E-state index contributed by atoms with van der Waals surface area (Å²) in [6.07, 6.45) is 2.59. The van der Waals surface area contributed by atoms with Crippen LogP contribution in [0.3, 0.4) is 0 Å². The van der Waals surface area contributed by atoms with Crippen molar-refractivity contribution in [3.05, 3.63) is 23.4 Å². The molecule has 6 nitrogen and oxygen atoms in total. The molecule has 6 heteroatoms. The number of aromatic carboxylic acids is 1. The molecule has 0 aliphatic rings. The van der Waals surface area contributed by atoms with Gasteiger partial charge in [-0.25, -0.2) is 9.78 Å². The van der Waals surface area contributed by atoms with Crippen molar-refractivity contribution >= 4 is 11.8 Å². The number of ether oxygens (including phenoxy) is 2. The van der Waals surface area contributed by atoms with Crippen LogP contribution < -0.4 is 5.32 Å². The number of nitrogens with one attached hydrogen (secondary N) is 1. The van der Waals surface area contributed by atoms with Crippen LogP contribution >= 0.6 is 0 Å². The highest BCUT2D eigenvalue weighted by atomic mass is 16.5. The number of anilines is 1. The summed E-state index contributed by atoms with van der Waals surface area (Å²) >= 11 is 0. The highest BCUT2D eigenvalue weighted by Crippen LogP contribution is 2.11. The van der Waals surface area contributed by atoms with Gasteiger partial charge >= 0.3 is 5.97 Å². The molecule has 1 aromatic rings. The number of rotatable bonds is 11. The largest absolute Gasteiger partial charge is 0.478 e. The maximum Gasteiger partial charge on any atom is 0.335 e. The fourth-order valence-electron chi connectivity index (χ4n) is 1.77. The van der Waals surface area contributed by atoms with Crippen molar-refractivity contribution in [2.24, 2.45) is 0 Å². The fraction of sp³-hybridized carbons (Fsp3) is 0.600. The van der Waals surface area contributed by atoms with Crippen LogP contribution in [0.1, 0.15) is 35.8 Å². The second kappa shape index (κ2) is 10.1. The van der Waals surface area contributed by atoms with E-state index < -0.39 is 5.97 Å². The molecule has 1 heterocycles. The van der Waals surface area contributed by atoms with Gasteiger partial charge in [-0.1, -0.05) is 6.92 Å². The number of nitrogens with zero attached hydrogens (tertiary/aromatic N) is 1. The lowest BCUT2D eigenvalue weighted by Gasteiger charge is -2.09. The number of pyridine rings is 1. The third-order valence-electron chi connectivity index (χ3n) is 2.94. The Labute approximate surface area is 125 Å². The van der Waals surface area contributed by atoms with E-state index in [2.05, 4.69) is 10.3 Å². The highest BCUT2D eigenvalue weighted by Gasteiger charge is 2.07.